The molecule has 174 valence electrons. The van der Waals surface area contributed by atoms with Crippen LogP contribution in [0.5, 0.6) is 0 Å². The first-order chi connectivity index (χ1) is 15.3. The molecule has 0 bridgehead atoms. The van der Waals surface area contributed by atoms with Gasteiger partial charge in [-0.15, -0.1) is 13.0 Å². The van der Waals surface area contributed by atoms with Crippen LogP contribution in [0.3, 0.4) is 0 Å². The van der Waals surface area contributed by atoms with E-state index in [0.717, 1.165) is 5.69 Å². The number of alkyl halides is 2. The van der Waals surface area contributed by atoms with Gasteiger partial charge in [0.2, 0.25) is 0 Å². The van der Waals surface area contributed by atoms with Gasteiger partial charge in [0.25, 0.3) is 6.43 Å². The van der Waals surface area contributed by atoms with Crippen LogP contribution in [-0.4, -0.2) is 23.7 Å². The summed E-state index contributed by atoms with van der Waals surface area (Å²) in [5.74, 6) is 3.68. The van der Waals surface area contributed by atoms with Gasteiger partial charge in [-0.2, -0.15) is 0 Å². The number of methoxy groups -OCH3 is 1. The Morgan fingerprint density at radius 2 is 1.84 bits per heavy atom. The van der Waals surface area contributed by atoms with Gasteiger partial charge in [0.05, 0.1) is 11.3 Å². The van der Waals surface area contributed by atoms with Gasteiger partial charge in [-0.05, 0) is 45.2 Å². The second-order valence-electron chi connectivity index (χ2n) is 6.87. The number of rotatable bonds is 9. The van der Waals surface area contributed by atoms with E-state index < -0.39 is 18.8 Å². The van der Waals surface area contributed by atoms with Crippen LogP contribution in [-0.2, 0) is 15.9 Å². The van der Waals surface area contributed by atoms with E-state index in [1.807, 2.05) is 20.8 Å². The van der Waals surface area contributed by atoms with Crippen LogP contribution in [0.25, 0.3) is 0 Å². The van der Waals surface area contributed by atoms with Crippen molar-refractivity contribution in [2.75, 3.05) is 19.0 Å². The van der Waals surface area contributed by atoms with E-state index in [4.69, 9.17) is 15.9 Å². The topological polar surface area (TPSA) is 56.3 Å². The molecule has 7 heteroatoms. The number of nitrogens with one attached hydrogen (secondary N) is 1. The molecule has 2 aromatic rings. The van der Waals surface area contributed by atoms with Crippen LogP contribution in [0.15, 0.2) is 30.9 Å². The number of allylic oxidation sites excluding steroid dienone is 1. The van der Waals surface area contributed by atoms with E-state index in [0.29, 0.717) is 41.4 Å². The highest BCUT2D eigenvalue weighted by Crippen LogP contribution is 2.33. The molecule has 0 fully saturated rings. The Labute approximate surface area is 190 Å². The van der Waals surface area contributed by atoms with Crippen molar-refractivity contribution < 1.29 is 18.3 Å². The molecule has 0 aliphatic carbocycles. The first-order valence-corrected chi connectivity index (χ1v) is 10.5. The molecule has 32 heavy (non-hydrogen) atoms. The summed E-state index contributed by atoms with van der Waals surface area (Å²) in [5.41, 5.74) is 2.44. The summed E-state index contributed by atoms with van der Waals surface area (Å²) >= 11 is 0. The Hall–Kier alpha value is -2.82. The van der Waals surface area contributed by atoms with Crippen LogP contribution in [0.1, 0.15) is 73.3 Å². The predicted octanol–water partition coefficient (Wildman–Crippen LogP) is 6.25. The Morgan fingerprint density at radius 1 is 1.22 bits per heavy atom. The molecule has 2 rings (SSSR count). The van der Waals surface area contributed by atoms with Gasteiger partial charge in [-0.3, -0.25) is 0 Å². The smallest absolute Gasteiger partial charge is 0.264 e. The Bertz CT molecular complexity index is 926. The highest BCUT2D eigenvalue weighted by atomic mass is 19.3. The Kier molecular flexibility index (Phi) is 11.5. The average molecular weight is 446 g/mol. The Morgan fingerprint density at radius 3 is 2.34 bits per heavy atom. The zero-order chi connectivity index (χ0) is 24.3. The van der Waals surface area contributed by atoms with Gasteiger partial charge >= 0.3 is 0 Å². The maximum Gasteiger partial charge on any atom is 0.264 e. The molecule has 2 atom stereocenters. The van der Waals surface area contributed by atoms with Crippen LogP contribution in [0.4, 0.5) is 14.6 Å². The van der Waals surface area contributed by atoms with E-state index in [-0.39, 0.29) is 5.56 Å². The molecular weight excluding hydrogens is 412 g/mol. The van der Waals surface area contributed by atoms with E-state index in [1.54, 1.807) is 39.2 Å². The first kappa shape index (κ1) is 27.2. The van der Waals surface area contributed by atoms with Crippen LogP contribution < -0.4 is 5.32 Å². The molecule has 2 unspecified atom stereocenters. The molecule has 0 aliphatic heterocycles. The summed E-state index contributed by atoms with van der Waals surface area (Å²) in [4.78, 5) is 9.01. The summed E-state index contributed by atoms with van der Waals surface area (Å²) in [6.07, 6.45) is 4.91. The molecule has 5 nitrogen and oxygen atoms in total. The summed E-state index contributed by atoms with van der Waals surface area (Å²) in [5, 5.41) is 3.22. The third-order valence-electron chi connectivity index (χ3n) is 4.65. The number of aryl methyl sites for hydroxylation is 2. The largest absolute Gasteiger partial charge is 0.352 e. The van der Waals surface area contributed by atoms with Crippen molar-refractivity contribution >= 4 is 5.82 Å². The van der Waals surface area contributed by atoms with Crippen molar-refractivity contribution in [1.29, 1.82) is 0 Å². The van der Waals surface area contributed by atoms with Crippen molar-refractivity contribution in [3.05, 3.63) is 64.6 Å². The molecule has 1 aromatic carbocycles. The fourth-order valence-electron chi connectivity index (χ4n) is 3.25. The molecule has 0 radical (unpaired) electrons. The minimum Gasteiger partial charge on any atom is -0.352 e. The highest BCUT2D eigenvalue weighted by molar-refractivity contribution is 5.53. The lowest BCUT2D eigenvalue weighted by atomic mass is 9.97. The van der Waals surface area contributed by atoms with Crippen molar-refractivity contribution in [3.8, 4) is 12.3 Å². The zero-order valence-corrected chi connectivity index (χ0v) is 19.7. The zero-order valence-electron chi connectivity index (χ0n) is 19.7. The van der Waals surface area contributed by atoms with Crippen LogP contribution in [0, 0.1) is 26.2 Å². The average Bonchev–Trinajstić information content (AvgIpc) is 2.76. The second-order valence-corrected chi connectivity index (χ2v) is 6.87. The molecule has 0 amide bonds. The third-order valence-corrected chi connectivity index (χ3v) is 4.65. The number of hydrogen-bond donors (Lipinski definition) is 1. The quantitative estimate of drug-likeness (QED) is 0.281. The maximum atomic E-state index is 13.3. The SMILES string of the molecule is C#CC(Nc1nc(C)nc(CC)c1C(OC)OCC)c1cccc(C(F)F)c1C.C=CC. The van der Waals surface area contributed by atoms with Gasteiger partial charge in [-0.25, -0.2) is 18.7 Å². The van der Waals surface area contributed by atoms with E-state index in [1.165, 1.54) is 6.07 Å². The lowest BCUT2D eigenvalue weighted by Gasteiger charge is -2.24. The standard InChI is InChI=1S/C22H27F2N3O2.C3H6/c1-7-17(15-11-10-12-16(13(15)4)20(23)24)27-21-19(22(28-6)29-9-3)18(8-2)25-14(5)26-21;1-3-2/h1,10-12,17,20,22H,8-9H2,2-6H3,(H,25,26,27);3H,1H2,2H3. The maximum absolute atomic E-state index is 13.3. The molecular formula is C25H33F2N3O2. The minimum absolute atomic E-state index is 0.0398. The number of aromatic nitrogens is 2. The molecule has 0 saturated heterocycles. The van der Waals surface area contributed by atoms with Crippen molar-refractivity contribution in [2.45, 2.75) is 59.8 Å². The van der Waals surface area contributed by atoms with Gasteiger partial charge < -0.3 is 14.8 Å². The van der Waals surface area contributed by atoms with E-state index in [2.05, 4.69) is 27.8 Å². The number of benzene rings is 1. The van der Waals surface area contributed by atoms with Gasteiger partial charge in [0, 0.05) is 19.3 Å². The summed E-state index contributed by atoms with van der Waals surface area (Å²) in [7, 11) is 1.54. The summed E-state index contributed by atoms with van der Waals surface area (Å²) in [6, 6.07) is 4.06. The summed E-state index contributed by atoms with van der Waals surface area (Å²) < 4.78 is 37.9. The monoisotopic (exact) mass is 445 g/mol. The molecule has 1 N–H and O–H groups in total. The van der Waals surface area contributed by atoms with E-state index in [9.17, 15) is 8.78 Å². The van der Waals surface area contributed by atoms with Crippen LogP contribution >= 0.6 is 0 Å². The number of anilines is 1. The number of ether oxygens (including phenoxy) is 2. The van der Waals surface area contributed by atoms with Gasteiger partial charge in [-0.1, -0.05) is 37.1 Å². The molecule has 1 heterocycles. The van der Waals surface area contributed by atoms with E-state index >= 15 is 0 Å². The van der Waals surface area contributed by atoms with Crippen molar-refractivity contribution in [1.82, 2.24) is 9.97 Å². The molecule has 0 spiro atoms. The fourth-order valence-corrected chi connectivity index (χ4v) is 3.25. The number of terminal acetylenes is 1. The van der Waals surface area contributed by atoms with Crippen molar-refractivity contribution in [2.24, 2.45) is 0 Å². The fraction of sp³-hybridized carbons (Fsp3) is 0.440. The highest BCUT2D eigenvalue weighted by Gasteiger charge is 2.25. The number of nitrogens with zero attached hydrogens (tertiary/aromatic N) is 2. The lowest BCUT2D eigenvalue weighted by Crippen LogP contribution is -2.19. The Balaban J connectivity index is 0.00000161. The second kappa shape index (κ2) is 13.6. The normalized spacial score (nSPS) is 12.4. The first-order valence-electron chi connectivity index (χ1n) is 10.5. The van der Waals surface area contributed by atoms with Crippen LogP contribution in [0.2, 0.25) is 0 Å². The van der Waals surface area contributed by atoms with Crippen molar-refractivity contribution in [3.63, 3.8) is 0 Å². The van der Waals surface area contributed by atoms with Gasteiger partial charge in [0.1, 0.15) is 17.7 Å². The predicted molar refractivity (Wildman–Crippen MR) is 125 cm³/mol. The molecule has 1 aromatic heterocycles. The molecule has 0 aliphatic rings. The number of hydrogen-bond acceptors (Lipinski definition) is 5. The molecule has 0 saturated carbocycles. The third kappa shape index (κ3) is 6.84. The lowest BCUT2D eigenvalue weighted by molar-refractivity contribution is -0.124. The van der Waals surface area contributed by atoms with Gasteiger partial charge in [0.15, 0.2) is 6.29 Å². The number of halogens is 2. The summed E-state index contributed by atoms with van der Waals surface area (Å²) in [6.45, 7) is 12.9. The minimum atomic E-state index is -2.58.